The minimum atomic E-state index is -3.27. The van der Waals surface area contributed by atoms with Gasteiger partial charge in [-0.2, -0.15) is 0 Å². The van der Waals surface area contributed by atoms with Crippen LogP contribution in [-0.4, -0.2) is 14.7 Å². The highest BCUT2D eigenvalue weighted by atomic mass is 35.5. The molecule has 0 atom stereocenters. The van der Waals surface area contributed by atoms with Crippen LogP contribution in [0.1, 0.15) is 5.56 Å². The van der Waals surface area contributed by atoms with E-state index < -0.39 is 9.84 Å². The van der Waals surface area contributed by atoms with Crippen LogP contribution < -0.4 is 4.74 Å². The number of ether oxygens (including phenoxy) is 1. The van der Waals surface area contributed by atoms with Gasteiger partial charge in [0, 0.05) is 16.8 Å². The Balaban J connectivity index is 2.36. The Kier molecular flexibility index (Phi) is 4.58. The van der Waals surface area contributed by atoms with Crippen molar-refractivity contribution >= 4 is 33.0 Å². The molecule has 0 aliphatic heterocycles. The van der Waals surface area contributed by atoms with E-state index in [4.69, 9.17) is 27.9 Å². The van der Waals surface area contributed by atoms with Crippen molar-refractivity contribution < 1.29 is 13.2 Å². The molecule has 2 rings (SSSR count). The zero-order valence-corrected chi connectivity index (χ0v) is 13.0. The SMILES string of the molecule is CS(=O)(=O)c1cccc(Oc2ccc(Cl)cc2CCl)c1. The fraction of sp³-hybridized carbons (Fsp3) is 0.143. The van der Waals surface area contributed by atoms with E-state index in [9.17, 15) is 8.42 Å². The molecule has 0 amide bonds. The highest BCUT2D eigenvalue weighted by Crippen LogP contribution is 2.30. The quantitative estimate of drug-likeness (QED) is 0.786. The number of benzene rings is 2. The molecule has 0 N–H and O–H groups in total. The van der Waals surface area contributed by atoms with Gasteiger partial charge in [-0.05, 0) is 36.4 Å². The maximum atomic E-state index is 11.5. The summed E-state index contributed by atoms with van der Waals surface area (Å²) in [6, 6.07) is 11.4. The fourth-order valence-corrected chi connectivity index (χ4v) is 2.71. The van der Waals surface area contributed by atoms with E-state index in [1.165, 1.54) is 12.1 Å². The average molecular weight is 331 g/mol. The van der Waals surface area contributed by atoms with Gasteiger partial charge < -0.3 is 4.74 Å². The van der Waals surface area contributed by atoms with Gasteiger partial charge in [0.2, 0.25) is 0 Å². The van der Waals surface area contributed by atoms with Crippen LogP contribution in [0.15, 0.2) is 47.4 Å². The molecule has 0 saturated heterocycles. The van der Waals surface area contributed by atoms with Crippen molar-refractivity contribution in [3.8, 4) is 11.5 Å². The molecular weight excluding hydrogens is 319 g/mol. The highest BCUT2D eigenvalue weighted by molar-refractivity contribution is 7.90. The first-order valence-corrected chi connectivity index (χ1v) is 8.53. The Morgan fingerprint density at radius 1 is 1.15 bits per heavy atom. The van der Waals surface area contributed by atoms with Gasteiger partial charge in [-0.3, -0.25) is 0 Å². The molecule has 2 aromatic carbocycles. The van der Waals surface area contributed by atoms with Crippen LogP contribution in [0.5, 0.6) is 11.5 Å². The van der Waals surface area contributed by atoms with Crippen LogP contribution in [0.2, 0.25) is 5.02 Å². The lowest BCUT2D eigenvalue weighted by molar-refractivity contribution is 0.476. The molecule has 0 unspecified atom stereocenters. The zero-order valence-electron chi connectivity index (χ0n) is 10.6. The van der Waals surface area contributed by atoms with Gasteiger partial charge in [0.05, 0.1) is 10.8 Å². The molecule has 0 aromatic heterocycles. The number of alkyl halides is 1. The van der Waals surface area contributed by atoms with E-state index >= 15 is 0 Å². The predicted octanol–water partition coefficient (Wildman–Crippen LogP) is 4.27. The first-order valence-electron chi connectivity index (χ1n) is 5.72. The average Bonchev–Trinajstić information content (AvgIpc) is 2.40. The standard InChI is InChI=1S/C14H12Cl2O3S/c1-20(17,18)13-4-2-3-12(8-13)19-14-6-5-11(16)7-10(14)9-15/h2-8H,9H2,1H3. The summed E-state index contributed by atoms with van der Waals surface area (Å²) in [7, 11) is -3.27. The van der Waals surface area contributed by atoms with Crippen LogP contribution in [0.25, 0.3) is 0 Å². The molecule has 0 fully saturated rings. The molecule has 20 heavy (non-hydrogen) atoms. The lowest BCUT2D eigenvalue weighted by Crippen LogP contribution is -1.97. The molecule has 6 heteroatoms. The fourth-order valence-electron chi connectivity index (χ4n) is 1.65. The van der Waals surface area contributed by atoms with E-state index in [0.29, 0.717) is 16.5 Å². The molecule has 0 bridgehead atoms. The Labute approximate surface area is 128 Å². The number of rotatable bonds is 4. The summed E-state index contributed by atoms with van der Waals surface area (Å²) in [5.74, 6) is 1.23. The topological polar surface area (TPSA) is 43.4 Å². The Morgan fingerprint density at radius 2 is 1.90 bits per heavy atom. The highest BCUT2D eigenvalue weighted by Gasteiger charge is 2.10. The van der Waals surface area contributed by atoms with Crippen molar-refractivity contribution in [3.05, 3.63) is 53.1 Å². The predicted molar refractivity (Wildman–Crippen MR) is 80.6 cm³/mol. The van der Waals surface area contributed by atoms with Gasteiger partial charge >= 0.3 is 0 Å². The van der Waals surface area contributed by atoms with Gasteiger partial charge in [0.1, 0.15) is 11.5 Å². The van der Waals surface area contributed by atoms with Crippen molar-refractivity contribution in [2.45, 2.75) is 10.8 Å². The van der Waals surface area contributed by atoms with Crippen molar-refractivity contribution in [2.24, 2.45) is 0 Å². The zero-order chi connectivity index (χ0) is 14.8. The largest absolute Gasteiger partial charge is 0.457 e. The molecule has 2 aromatic rings. The van der Waals surface area contributed by atoms with E-state index in [1.54, 1.807) is 30.3 Å². The minimum absolute atomic E-state index is 0.205. The van der Waals surface area contributed by atoms with Crippen LogP contribution in [-0.2, 0) is 15.7 Å². The number of sulfone groups is 1. The summed E-state index contributed by atoms with van der Waals surface area (Å²) in [6.45, 7) is 0. The summed E-state index contributed by atoms with van der Waals surface area (Å²) >= 11 is 11.7. The first kappa shape index (κ1) is 15.2. The smallest absolute Gasteiger partial charge is 0.175 e. The van der Waals surface area contributed by atoms with Crippen molar-refractivity contribution in [1.29, 1.82) is 0 Å². The minimum Gasteiger partial charge on any atom is -0.457 e. The third-order valence-electron chi connectivity index (χ3n) is 2.63. The summed E-state index contributed by atoms with van der Waals surface area (Å²) in [4.78, 5) is 0.205. The second kappa shape index (κ2) is 6.04. The van der Waals surface area contributed by atoms with Gasteiger partial charge in [0.15, 0.2) is 9.84 Å². The summed E-state index contributed by atoms with van der Waals surface area (Å²) in [6.07, 6.45) is 1.15. The van der Waals surface area contributed by atoms with Gasteiger partial charge in [-0.15, -0.1) is 11.6 Å². The number of hydrogen-bond donors (Lipinski definition) is 0. The lowest BCUT2D eigenvalue weighted by atomic mass is 10.2. The molecule has 0 heterocycles. The lowest BCUT2D eigenvalue weighted by Gasteiger charge is -2.10. The van der Waals surface area contributed by atoms with Crippen LogP contribution in [0.4, 0.5) is 0 Å². The third kappa shape index (κ3) is 3.66. The molecule has 0 radical (unpaired) electrons. The number of hydrogen-bond acceptors (Lipinski definition) is 3. The van der Waals surface area contributed by atoms with Crippen molar-refractivity contribution in [2.75, 3.05) is 6.26 Å². The van der Waals surface area contributed by atoms with Crippen LogP contribution in [0.3, 0.4) is 0 Å². The van der Waals surface area contributed by atoms with E-state index in [0.717, 1.165) is 11.8 Å². The van der Waals surface area contributed by atoms with Crippen LogP contribution >= 0.6 is 23.2 Å². The van der Waals surface area contributed by atoms with Crippen LogP contribution in [0, 0.1) is 0 Å². The summed E-state index contributed by atoms with van der Waals surface area (Å²) in [5, 5.41) is 0.567. The normalized spacial score (nSPS) is 11.3. The molecule has 0 aliphatic rings. The maximum absolute atomic E-state index is 11.5. The van der Waals surface area contributed by atoms with Crippen molar-refractivity contribution in [1.82, 2.24) is 0 Å². The number of halogens is 2. The second-order valence-electron chi connectivity index (χ2n) is 4.23. The van der Waals surface area contributed by atoms with Gasteiger partial charge in [0.25, 0.3) is 0 Å². The Morgan fingerprint density at radius 3 is 2.55 bits per heavy atom. The third-order valence-corrected chi connectivity index (χ3v) is 4.26. The maximum Gasteiger partial charge on any atom is 0.175 e. The molecule has 106 valence electrons. The van der Waals surface area contributed by atoms with Crippen molar-refractivity contribution in [3.63, 3.8) is 0 Å². The Hall–Kier alpha value is -1.23. The Bertz CT molecular complexity index is 727. The molecular formula is C14H12Cl2O3S. The molecule has 0 spiro atoms. The van der Waals surface area contributed by atoms with Gasteiger partial charge in [-0.1, -0.05) is 17.7 Å². The summed E-state index contributed by atoms with van der Waals surface area (Å²) in [5.41, 5.74) is 0.740. The first-order chi connectivity index (χ1) is 9.40. The van der Waals surface area contributed by atoms with E-state index in [2.05, 4.69) is 0 Å². The van der Waals surface area contributed by atoms with E-state index in [1.807, 2.05) is 0 Å². The van der Waals surface area contributed by atoms with Gasteiger partial charge in [-0.25, -0.2) is 8.42 Å². The van der Waals surface area contributed by atoms with E-state index in [-0.39, 0.29) is 10.8 Å². The molecule has 0 saturated carbocycles. The monoisotopic (exact) mass is 330 g/mol. The molecule has 0 aliphatic carbocycles. The molecule has 3 nitrogen and oxygen atoms in total. The summed E-state index contributed by atoms with van der Waals surface area (Å²) < 4.78 is 28.7. The second-order valence-corrected chi connectivity index (χ2v) is 6.95.